The molecule has 4 heterocycles. The van der Waals surface area contributed by atoms with Crippen LogP contribution in [0.2, 0.25) is 0 Å². The molecule has 0 aliphatic carbocycles. The normalized spacial score (nSPS) is 12.1. The quantitative estimate of drug-likeness (QED) is 0.172. The molecular formula is C63H36N4O2. The van der Waals surface area contributed by atoms with Crippen LogP contribution in [0.4, 0.5) is 0 Å². The molecule has 15 rings (SSSR count). The highest BCUT2D eigenvalue weighted by atomic mass is 16.3. The molecule has 69 heavy (non-hydrogen) atoms. The van der Waals surface area contributed by atoms with Crippen molar-refractivity contribution in [1.82, 2.24) is 19.5 Å². The van der Waals surface area contributed by atoms with Gasteiger partial charge in [0.2, 0.25) is 0 Å². The van der Waals surface area contributed by atoms with Crippen LogP contribution in [-0.2, 0) is 0 Å². The van der Waals surface area contributed by atoms with E-state index in [0.29, 0.717) is 17.5 Å². The number of nitrogens with zero attached hydrogens (tertiary/aromatic N) is 4. The molecule has 0 N–H and O–H groups in total. The third kappa shape index (κ3) is 5.82. The maximum Gasteiger partial charge on any atom is 0.166 e. The van der Waals surface area contributed by atoms with Crippen LogP contribution in [0.15, 0.2) is 227 Å². The van der Waals surface area contributed by atoms with E-state index in [4.69, 9.17) is 23.8 Å². The molecule has 0 spiro atoms. The summed E-state index contributed by atoms with van der Waals surface area (Å²) in [6.07, 6.45) is 0. The zero-order chi connectivity index (χ0) is 45.2. The first kappa shape index (κ1) is 37.8. The molecule has 0 bridgehead atoms. The van der Waals surface area contributed by atoms with Gasteiger partial charge in [0, 0.05) is 43.6 Å². The Bertz CT molecular complexity index is 4620. The molecule has 6 heteroatoms. The Hall–Kier alpha value is -9.39. The standard InChI is InChI=1S/C63H36N4O2/c1-2-13-37(14-3-1)39-20-12-21-44(31-39)61-64-62(45-25-27-48-47-23-10-11-24-54(47)68-56(48)36-45)66-63(65-61)49-28-30-55-59(51-33-41-17-5-7-19-43(41)35-57(51)69-55)60(49)67-52-29-26-38-15-8-9-22-46(38)58(52)50-32-40-16-4-6-18-42(40)34-53(50)67/h1-36H. The van der Waals surface area contributed by atoms with E-state index in [1.165, 1.54) is 21.5 Å². The second kappa shape index (κ2) is 14.6. The van der Waals surface area contributed by atoms with Crippen molar-refractivity contribution in [3.63, 3.8) is 0 Å². The van der Waals surface area contributed by atoms with Crippen molar-refractivity contribution in [2.24, 2.45) is 0 Å². The van der Waals surface area contributed by atoms with Gasteiger partial charge in [-0.3, -0.25) is 0 Å². The van der Waals surface area contributed by atoms with Crippen LogP contribution in [0, 0.1) is 0 Å². The summed E-state index contributed by atoms with van der Waals surface area (Å²) < 4.78 is 15.8. The van der Waals surface area contributed by atoms with Gasteiger partial charge in [-0.05, 0) is 110 Å². The molecule has 15 aromatic rings. The summed E-state index contributed by atoms with van der Waals surface area (Å²) in [4.78, 5) is 16.3. The van der Waals surface area contributed by atoms with Gasteiger partial charge in [0.05, 0.1) is 22.1 Å². The lowest BCUT2D eigenvalue weighted by atomic mass is 10.0. The van der Waals surface area contributed by atoms with E-state index in [0.717, 1.165) is 110 Å². The molecule has 0 amide bonds. The second-order valence-electron chi connectivity index (χ2n) is 17.9. The van der Waals surface area contributed by atoms with Gasteiger partial charge < -0.3 is 13.4 Å². The first-order valence-corrected chi connectivity index (χ1v) is 23.2. The van der Waals surface area contributed by atoms with Gasteiger partial charge in [-0.15, -0.1) is 0 Å². The minimum absolute atomic E-state index is 0.536. The molecule has 0 unspecified atom stereocenters. The average Bonchev–Trinajstić information content (AvgIpc) is 4.08. The van der Waals surface area contributed by atoms with Gasteiger partial charge in [0.25, 0.3) is 0 Å². The average molecular weight is 881 g/mol. The number of benzene rings is 11. The Balaban J connectivity index is 1.08. The number of hydrogen-bond acceptors (Lipinski definition) is 5. The molecule has 0 atom stereocenters. The summed E-state index contributed by atoms with van der Waals surface area (Å²) in [6, 6.07) is 76.9. The molecular weight excluding hydrogens is 845 g/mol. The number of hydrogen-bond donors (Lipinski definition) is 0. The number of rotatable bonds is 5. The van der Waals surface area contributed by atoms with Crippen LogP contribution in [0.1, 0.15) is 0 Å². The van der Waals surface area contributed by atoms with Crippen LogP contribution in [0.3, 0.4) is 0 Å². The van der Waals surface area contributed by atoms with Crippen LogP contribution in [-0.4, -0.2) is 19.5 Å². The number of furan rings is 2. The van der Waals surface area contributed by atoms with E-state index in [1.807, 2.05) is 24.3 Å². The molecule has 0 saturated carbocycles. The predicted octanol–water partition coefficient (Wildman–Crippen LogP) is 16.9. The van der Waals surface area contributed by atoms with Crippen molar-refractivity contribution in [2.75, 3.05) is 0 Å². The van der Waals surface area contributed by atoms with Gasteiger partial charge in [-0.25, -0.2) is 15.0 Å². The van der Waals surface area contributed by atoms with Crippen LogP contribution in [0.25, 0.3) is 149 Å². The lowest BCUT2D eigenvalue weighted by Crippen LogP contribution is -2.04. The highest BCUT2D eigenvalue weighted by molar-refractivity contribution is 6.25. The molecule has 11 aromatic carbocycles. The summed E-state index contributed by atoms with van der Waals surface area (Å²) in [5.74, 6) is 1.63. The molecule has 0 fully saturated rings. The Morgan fingerprint density at radius 1 is 0.290 bits per heavy atom. The van der Waals surface area contributed by atoms with Crippen LogP contribution >= 0.6 is 0 Å². The van der Waals surface area contributed by atoms with Crippen molar-refractivity contribution in [1.29, 1.82) is 0 Å². The summed E-state index contributed by atoms with van der Waals surface area (Å²) in [5.41, 5.74) is 11.0. The molecule has 320 valence electrons. The van der Waals surface area contributed by atoms with Gasteiger partial charge in [0.1, 0.15) is 22.3 Å². The summed E-state index contributed by atoms with van der Waals surface area (Å²) >= 11 is 0. The van der Waals surface area contributed by atoms with E-state index in [9.17, 15) is 0 Å². The summed E-state index contributed by atoms with van der Waals surface area (Å²) in [7, 11) is 0. The van der Waals surface area contributed by atoms with Crippen molar-refractivity contribution in [3.05, 3.63) is 218 Å². The lowest BCUT2D eigenvalue weighted by Gasteiger charge is -2.16. The maximum absolute atomic E-state index is 6.88. The van der Waals surface area contributed by atoms with Crippen molar-refractivity contribution < 1.29 is 8.83 Å². The Kier molecular flexibility index (Phi) is 7.97. The minimum Gasteiger partial charge on any atom is -0.456 e. The number of para-hydroxylation sites is 1. The maximum atomic E-state index is 6.88. The smallest absolute Gasteiger partial charge is 0.166 e. The van der Waals surface area contributed by atoms with Crippen molar-refractivity contribution >= 4 is 98.0 Å². The minimum atomic E-state index is 0.536. The largest absolute Gasteiger partial charge is 0.456 e. The fourth-order valence-corrected chi connectivity index (χ4v) is 10.8. The lowest BCUT2D eigenvalue weighted by molar-refractivity contribution is 0.668. The Labute approximate surface area is 394 Å². The first-order valence-electron chi connectivity index (χ1n) is 23.2. The fraction of sp³-hybridized carbons (Fsp3) is 0. The molecule has 0 aliphatic heterocycles. The van der Waals surface area contributed by atoms with Gasteiger partial charge in [-0.1, -0.05) is 152 Å². The van der Waals surface area contributed by atoms with E-state index in [-0.39, 0.29) is 0 Å². The fourth-order valence-electron chi connectivity index (χ4n) is 10.8. The summed E-state index contributed by atoms with van der Waals surface area (Å²) in [5, 5.41) is 13.4. The molecule has 4 aromatic heterocycles. The Morgan fingerprint density at radius 3 is 1.70 bits per heavy atom. The predicted molar refractivity (Wildman–Crippen MR) is 283 cm³/mol. The SMILES string of the molecule is c1ccc(-c2cccc(-c3nc(-c4ccc5c(c4)oc4ccccc45)nc(-c4ccc5oc6cc7ccccc7cc6c5c4-n4c5cc6ccccc6cc5c5c6ccccc6ccc54)n3)c2)cc1. The number of fused-ring (bicyclic) bond motifs is 13. The molecule has 0 radical (unpaired) electrons. The Morgan fingerprint density at radius 2 is 0.884 bits per heavy atom. The van der Waals surface area contributed by atoms with Gasteiger partial charge >= 0.3 is 0 Å². The first-order chi connectivity index (χ1) is 34.2. The third-order valence-corrected chi connectivity index (χ3v) is 14.0. The zero-order valence-corrected chi connectivity index (χ0v) is 36.9. The number of aromatic nitrogens is 4. The molecule has 0 aliphatic rings. The van der Waals surface area contributed by atoms with Crippen molar-refractivity contribution in [2.45, 2.75) is 0 Å². The van der Waals surface area contributed by atoms with E-state index >= 15 is 0 Å². The molecule has 0 saturated heterocycles. The van der Waals surface area contributed by atoms with E-state index < -0.39 is 0 Å². The topological polar surface area (TPSA) is 69.9 Å². The monoisotopic (exact) mass is 880 g/mol. The van der Waals surface area contributed by atoms with E-state index in [1.54, 1.807) is 0 Å². The van der Waals surface area contributed by atoms with E-state index in [2.05, 4.69) is 199 Å². The zero-order valence-electron chi connectivity index (χ0n) is 36.9. The van der Waals surface area contributed by atoms with Gasteiger partial charge in [-0.2, -0.15) is 0 Å². The molecule has 6 nitrogen and oxygen atoms in total. The highest BCUT2D eigenvalue weighted by Gasteiger charge is 2.26. The van der Waals surface area contributed by atoms with Crippen molar-refractivity contribution in [3.8, 4) is 51.0 Å². The summed E-state index contributed by atoms with van der Waals surface area (Å²) in [6.45, 7) is 0. The van der Waals surface area contributed by atoms with Crippen LogP contribution in [0.5, 0.6) is 0 Å². The second-order valence-corrected chi connectivity index (χ2v) is 17.9. The van der Waals surface area contributed by atoms with Crippen LogP contribution < -0.4 is 0 Å². The highest BCUT2D eigenvalue weighted by Crippen LogP contribution is 2.46. The van der Waals surface area contributed by atoms with Gasteiger partial charge in [0.15, 0.2) is 17.5 Å². The third-order valence-electron chi connectivity index (χ3n) is 14.0.